The lowest BCUT2D eigenvalue weighted by molar-refractivity contribution is -0.140. The highest BCUT2D eigenvalue weighted by Crippen LogP contribution is 2.34. The lowest BCUT2D eigenvalue weighted by Crippen LogP contribution is -2.36. The first-order chi connectivity index (χ1) is 17.3. The number of imide groups is 1. The minimum atomic E-state index is -0.904. The van der Waals surface area contributed by atoms with Crippen molar-refractivity contribution in [2.24, 2.45) is 5.92 Å². The highest BCUT2D eigenvalue weighted by molar-refractivity contribution is 6.30. The molecule has 1 saturated carbocycles. The average Bonchev–Trinajstić information content (AvgIpc) is 3.13. The van der Waals surface area contributed by atoms with Crippen molar-refractivity contribution in [3.63, 3.8) is 0 Å². The highest BCUT2D eigenvalue weighted by atomic mass is 35.5. The third-order valence-electron chi connectivity index (χ3n) is 6.89. The maximum absolute atomic E-state index is 14.9. The molecule has 0 bridgehead atoms. The Morgan fingerprint density at radius 2 is 1.83 bits per heavy atom. The summed E-state index contributed by atoms with van der Waals surface area (Å²) in [6.45, 7) is 1.20. The van der Waals surface area contributed by atoms with Crippen molar-refractivity contribution in [1.82, 2.24) is 9.80 Å². The van der Waals surface area contributed by atoms with Gasteiger partial charge in [-0.05, 0) is 54.2 Å². The molecule has 192 valence electrons. The Labute approximate surface area is 214 Å². The van der Waals surface area contributed by atoms with Gasteiger partial charge < -0.3 is 9.84 Å². The van der Waals surface area contributed by atoms with E-state index < -0.39 is 11.8 Å². The summed E-state index contributed by atoms with van der Waals surface area (Å²) in [5, 5.41) is 10.2. The van der Waals surface area contributed by atoms with Crippen molar-refractivity contribution in [3.8, 4) is 5.75 Å². The van der Waals surface area contributed by atoms with E-state index in [0.717, 1.165) is 29.8 Å². The zero-order chi connectivity index (χ0) is 25.7. The molecular formula is C27H30ClFN2O5. The van der Waals surface area contributed by atoms with Crippen LogP contribution in [0.15, 0.2) is 42.5 Å². The lowest BCUT2D eigenvalue weighted by Gasteiger charge is -2.37. The third-order valence-corrected chi connectivity index (χ3v) is 7.14. The van der Waals surface area contributed by atoms with Crippen LogP contribution >= 0.6 is 11.6 Å². The molecule has 1 heterocycles. The van der Waals surface area contributed by atoms with Crippen LogP contribution in [0, 0.1) is 11.7 Å². The third kappa shape index (κ3) is 6.62. The Hall–Kier alpha value is -2.97. The molecule has 1 aliphatic carbocycles. The summed E-state index contributed by atoms with van der Waals surface area (Å²) in [6, 6.07) is 11.5. The Kier molecular flexibility index (Phi) is 8.59. The van der Waals surface area contributed by atoms with Crippen molar-refractivity contribution in [2.75, 3.05) is 19.7 Å². The van der Waals surface area contributed by atoms with Gasteiger partial charge in [-0.3, -0.25) is 24.2 Å². The Bertz CT molecular complexity index is 1090. The number of hydrogen-bond acceptors (Lipinski definition) is 5. The fourth-order valence-electron chi connectivity index (χ4n) is 4.73. The molecular weight excluding hydrogens is 487 g/mol. The maximum Gasteiger partial charge on any atom is 0.305 e. The smallest absolute Gasteiger partial charge is 0.305 e. The topological polar surface area (TPSA) is 87.2 Å². The first-order valence-electron chi connectivity index (χ1n) is 12.3. The fourth-order valence-corrected chi connectivity index (χ4v) is 4.86. The standard InChI is InChI=1S/C27H30ClFN2O5/c28-21-7-5-20(6-8-21)23(15-27(34)35)30(16-18-2-1-3-18)17-19-4-9-24(22(29)14-19)36-13-12-31-25(32)10-11-26(31)33/h4-9,14,18,23H,1-3,10-13,15-17H2,(H,34,35). The number of ether oxygens (including phenoxy) is 1. The molecule has 2 aromatic rings. The number of carboxylic acids is 1. The molecule has 2 aromatic carbocycles. The van der Waals surface area contributed by atoms with Crippen LogP contribution in [-0.2, 0) is 20.9 Å². The summed E-state index contributed by atoms with van der Waals surface area (Å²) in [5.41, 5.74) is 1.56. The predicted molar refractivity (Wildman–Crippen MR) is 132 cm³/mol. The second-order valence-electron chi connectivity index (χ2n) is 9.44. The fraction of sp³-hybridized carbons (Fsp3) is 0.444. The predicted octanol–water partition coefficient (Wildman–Crippen LogP) is 4.83. The summed E-state index contributed by atoms with van der Waals surface area (Å²) < 4.78 is 20.4. The molecule has 1 aliphatic heterocycles. The molecule has 2 aliphatic rings. The molecule has 9 heteroatoms. The molecule has 7 nitrogen and oxygen atoms in total. The van der Waals surface area contributed by atoms with E-state index in [2.05, 4.69) is 4.90 Å². The Morgan fingerprint density at radius 1 is 1.14 bits per heavy atom. The van der Waals surface area contributed by atoms with Gasteiger partial charge in [0.15, 0.2) is 11.6 Å². The van der Waals surface area contributed by atoms with E-state index in [1.54, 1.807) is 18.2 Å². The number of aliphatic carboxylic acids is 1. The van der Waals surface area contributed by atoms with Gasteiger partial charge in [0, 0.05) is 37.0 Å². The molecule has 0 spiro atoms. The van der Waals surface area contributed by atoms with E-state index in [9.17, 15) is 23.9 Å². The zero-order valence-corrected chi connectivity index (χ0v) is 20.8. The minimum Gasteiger partial charge on any atom is -0.489 e. The molecule has 2 amide bonds. The van der Waals surface area contributed by atoms with Gasteiger partial charge in [-0.1, -0.05) is 36.2 Å². The summed E-state index contributed by atoms with van der Waals surface area (Å²) in [6.07, 6.45) is 3.70. The van der Waals surface area contributed by atoms with Gasteiger partial charge in [-0.25, -0.2) is 4.39 Å². The van der Waals surface area contributed by atoms with Crippen LogP contribution in [0.5, 0.6) is 5.75 Å². The van der Waals surface area contributed by atoms with E-state index in [4.69, 9.17) is 16.3 Å². The van der Waals surface area contributed by atoms with Crippen LogP contribution in [0.4, 0.5) is 4.39 Å². The monoisotopic (exact) mass is 516 g/mol. The highest BCUT2D eigenvalue weighted by Gasteiger charge is 2.30. The van der Waals surface area contributed by atoms with E-state index in [0.29, 0.717) is 23.0 Å². The molecule has 36 heavy (non-hydrogen) atoms. The van der Waals surface area contributed by atoms with Gasteiger partial charge >= 0.3 is 5.97 Å². The van der Waals surface area contributed by atoms with Gasteiger partial charge in [0.25, 0.3) is 0 Å². The first-order valence-corrected chi connectivity index (χ1v) is 12.6. The van der Waals surface area contributed by atoms with E-state index in [-0.39, 0.29) is 56.0 Å². The second kappa shape index (κ2) is 11.8. The van der Waals surface area contributed by atoms with E-state index in [1.807, 2.05) is 12.1 Å². The van der Waals surface area contributed by atoms with Crippen LogP contribution in [-0.4, -0.2) is 52.4 Å². The second-order valence-corrected chi connectivity index (χ2v) is 9.88. The Morgan fingerprint density at radius 3 is 2.42 bits per heavy atom. The molecule has 0 radical (unpaired) electrons. The first kappa shape index (κ1) is 26.1. The summed E-state index contributed by atoms with van der Waals surface area (Å²) in [5.74, 6) is -1.39. The molecule has 1 saturated heterocycles. The number of halogens is 2. The molecule has 1 atom stereocenters. The molecule has 1 unspecified atom stereocenters. The van der Waals surface area contributed by atoms with Crippen LogP contribution in [0.1, 0.15) is 55.7 Å². The van der Waals surface area contributed by atoms with Crippen molar-refractivity contribution < 1.29 is 28.6 Å². The van der Waals surface area contributed by atoms with Crippen molar-refractivity contribution >= 4 is 29.4 Å². The van der Waals surface area contributed by atoms with Crippen LogP contribution in [0.3, 0.4) is 0 Å². The molecule has 0 aromatic heterocycles. The SMILES string of the molecule is O=C(O)CC(c1ccc(Cl)cc1)N(Cc1ccc(OCCN2C(=O)CCC2=O)c(F)c1)CC1CCC1. The van der Waals surface area contributed by atoms with Gasteiger partial charge in [-0.15, -0.1) is 0 Å². The van der Waals surface area contributed by atoms with Crippen molar-refractivity contribution in [1.29, 1.82) is 0 Å². The average molecular weight is 517 g/mol. The molecule has 1 N–H and O–H groups in total. The van der Waals surface area contributed by atoms with Crippen LogP contribution < -0.4 is 4.74 Å². The lowest BCUT2D eigenvalue weighted by atomic mass is 9.84. The Balaban J connectivity index is 1.46. The van der Waals surface area contributed by atoms with Crippen LogP contribution in [0.2, 0.25) is 5.02 Å². The number of carboxylic acid groups (broad SMARTS) is 1. The summed E-state index contributed by atoms with van der Waals surface area (Å²) in [4.78, 5) is 38.4. The number of rotatable bonds is 12. The van der Waals surface area contributed by atoms with Gasteiger partial charge in [0.1, 0.15) is 6.61 Å². The van der Waals surface area contributed by atoms with E-state index in [1.165, 1.54) is 18.6 Å². The minimum absolute atomic E-state index is 0.0127. The van der Waals surface area contributed by atoms with Crippen LogP contribution in [0.25, 0.3) is 0 Å². The zero-order valence-electron chi connectivity index (χ0n) is 20.0. The maximum atomic E-state index is 14.9. The number of benzene rings is 2. The number of nitrogens with zero attached hydrogens (tertiary/aromatic N) is 2. The number of carbonyl (C=O) groups is 3. The van der Waals surface area contributed by atoms with Gasteiger partial charge in [-0.2, -0.15) is 0 Å². The molecule has 2 fully saturated rings. The quantitative estimate of drug-likeness (QED) is 0.407. The van der Waals surface area contributed by atoms with Crippen molar-refractivity contribution in [2.45, 2.75) is 51.1 Å². The summed E-state index contributed by atoms with van der Waals surface area (Å²) >= 11 is 6.05. The van der Waals surface area contributed by atoms with Gasteiger partial charge in [0.2, 0.25) is 11.8 Å². The number of carbonyl (C=O) groups excluding carboxylic acids is 2. The largest absolute Gasteiger partial charge is 0.489 e. The normalized spacial score (nSPS) is 16.9. The van der Waals surface area contributed by atoms with E-state index >= 15 is 0 Å². The number of likely N-dealkylation sites (tertiary alicyclic amines) is 1. The number of amides is 2. The van der Waals surface area contributed by atoms with Gasteiger partial charge in [0.05, 0.1) is 13.0 Å². The summed E-state index contributed by atoms with van der Waals surface area (Å²) in [7, 11) is 0. The van der Waals surface area contributed by atoms with Crippen molar-refractivity contribution in [3.05, 3.63) is 64.4 Å². The molecule has 4 rings (SSSR count). The number of hydrogen-bond donors (Lipinski definition) is 1.